The summed E-state index contributed by atoms with van der Waals surface area (Å²) in [7, 11) is 0. The minimum Gasteiger partial charge on any atom is -0.492 e. The van der Waals surface area contributed by atoms with Gasteiger partial charge in [-0.1, -0.05) is 29.3 Å². The van der Waals surface area contributed by atoms with Crippen LogP contribution in [0.15, 0.2) is 18.2 Å². The van der Waals surface area contributed by atoms with Gasteiger partial charge in [-0.2, -0.15) is 0 Å². The average molecular weight is 292 g/mol. The smallest absolute Gasteiger partial charge is 0.243 e. The fraction of sp³-hybridized carbons (Fsp3) is 0.417. The van der Waals surface area contributed by atoms with Crippen LogP contribution in [0.2, 0.25) is 10.0 Å². The van der Waals surface area contributed by atoms with Crippen LogP contribution in [0.5, 0.6) is 5.75 Å². The lowest BCUT2D eigenvalue weighted by molar-refractivity contribution is -0.133. The number of hydroxylamine groups is 1. The molecule has 0 aliphatic rings. The van der Waals surface area contributed by atoms with Crippen LogP contribution in [0.25, 0.3) is 0 Å². The van der Waals surface area contributed by atoms with Gasteiger partial charge in [0.25, 0.3) is 0 Å². The molecule has 0 fully saturated rings. The number of benzene rings is 1. The van der Waals surface area contributed by atoms with Crippen molar-refractivity contribution in [1.29, 1.82) is 0 Å². The Hall–Kier alpha value is -0.970. The van der Waals surface area contributed by atoms with Crippen molar-refractivity contribution in [1.82, 2.24) is 5.48 Å². The lowest BCUT2D eigenvalue weighted by atomic mass is 10.3. The van der Waals surface area contributed by atoms with Crippen LogP contribution in [0.1, 0.15) is 19.8 Å². The molecule has 4 nitrogen and oxygen atoms in total. The number of hydrogen-bond donors (Lipinski definition) is 1. The molecule has 1 amide bonds. The SMILES string of the molecule is CCONC(=O)CCCOc1cccc(Cl)c1Cl. The van der Waals surface area contributed by atoms with Gasteiger partial charge in [0.05, 0.1) is 18.2 Å². The van der Waals surface area contributed by atoms with E-state index in [1.807, 2.05) is 0 Å². The topological polar surface area (TPSA) is 47.6 Å². The third-order valence-corrected chi connectivity index (χ3v) is 2.85. The van der Waals surface area contributed by atoms with Crippen LogP contribution in [0.3, 0.4) is 0 Å². The van der Waals surface area contributed by atoms with Crippen LogP contribution in [0.4, 0.5) is 0 Å². The zero-order valence-corrected chi connectivity index (χ0v) is 11.6. The average Bonchev–Trinajstić information content (AvgIpc) is 2.37. The van der Waals surface area contributed by atoms with Crippen molar-refractivity contribution < 1.29 is 14.4 Å². The van der Waals surface area contributed by atoms with E-state index in [1.165, 1.54) is 0 Å². The molecule has 0 aliphatic heterocycles. The summed E-state index contributed by atoms with van der Waals surface area (Å²) in [6, 6.07) is 5.17. The number of ether oxygens (including phenoxy) is 1. The van der Waals surface area contributed by atoms with Gasteiger partial charge in [-0.15, -0.1) is 0 Å². The van der Waals surface area contributed by atoms with Crippen LogP contribution in [-0.4, -0.2) is 19.1 Å². The molecule has 0 aliphatic carbocycles. The van der Waals surface area contributed by atoms with Gasteiger partial charge < -0.3 is 4.74 Å². The van der Waals surface area contributed by atoms with Crippen LogP contribution in [-0.2, 0) is 9.63 Å². The highest BCUT2D eigenvalue weighted by atomic mass is 35.5. The Morgan fingerprint density at radius 3 is 2.89 bits per heavy atom. The van der Waals surface area contributed by atoms with Crippen molar-refractivity contribution in [3.05, 3.63) is 28.2 Å². The maximum Gasteiger partial charge on any atom is 0.243 e. The van der Waals surface area contributed by atoms with E-state index in [-0.39, 0.29) is 5.91 Å². The van der Waals surface area contributed by atoms with Gasteiger partial charge in [-0.05, 0) is 25.5 Å². The molecule has 1 aromatic rings. The summed E-state index contributed by atoms with van der Waals surface area (Å²) in [5.41, 5.74) is 2.31. The highest BCUT2D eigenvalue weighted by Crippen LogP contribution is 2.31. The summed E-state index contributed by atoms with van der Waals surface area (Å²) in [6.07, 6.45) is 0.903. The van der Waals surface area contributed by atoms with E-state index in [1.54, 1.807) is 25.1 Å². The minimum absolute atomic E-state index is 0.169. The van der Waals surface area contributed by atoms with E-state index >= 15 is 0 Å². The van der Waals surface area contributed by atoms with E-state index in [0.29, 0.717) is 41.9 Å². The highest BCUT2D eigenvalue weighted by Gasteiger charge is 2.06. The molecule has 0 aromatic heterocycles. The fourth-order valence-electron chi connectivity index (χ4n) is 1.21. The first kappa shape index (κ1) is 15.1. The number of rotatable bonds is 7. The predicted octanol–water partition coefficient (Wildman–Crippen LogP) is 3.22. The first-order valence-corrected chi connectivity index (χ1v) is 6.38. The molecule has 0 bridgehead atoms. The number of carbonyl (C=O) groups excluding carboxylic acids is 1. The molecule has 100 valence electrons. The fourth-order valence-corrected chi connectivity index (χ4v) is 1.56. The second-order valence-corrected chi connectivity index (χ2v) is 4.25. The summed E-state index contributed by atoms with van der Waals surface area (Å²) >= 11 is 11.8. The Morgan fingerprint density at radius 2 is 2.17 bits per heavy atom. The highest BCUT2D eigenvalue weighted by molar-refractivity contribution is 6.42. The lowest BCUT2D eigenvalue weighted by Crippen LogP contribution is -2.23. The molecule has 0 saturated heterocycles. The molecule has 1 rings (SSSR count). The number of hydrogen-bond acceptors (Lipinski definition) is 3. The van der Waals surface area contributed by atoms with Crippen LogP contribution in [0, 0.1) is 0 Å². The molecular weight excluding hydrogens is 277 g/mol. The Balaban J connectivity index is 2.25. The molecule has 0 heterocycles. The first-order valence-electron chi connectivity index (χ1n) is 5.62. The van der Waals surface area contributed by atoms with E-state index in [2.05, 4.69) is 5.48 Å². The maximum atomic E-state index is 11.2. The van der Waals surface area contributed by atoms with Crippen molar-refractivity contribution in [3.8, 4) is 5.75 Å². The second kappa shape index (κ2) is 8.19. The Morgan fingerprint density at radius 1 is 1.39 bits per heavy atom. The molecule has 1 aromatic carbocycles. The molecule has 1 N–H and O–H groups in total. The van der Waals surface area contributed by atoms with Gasteiger partial charge in [0.2, 0.25) is 5.91 Å². The number of amides is 1. The molecule has 0 spiro atoms. The van der Waals surface area contributed by atoms with Crippen molar-refractivity contribution >= 4 is 29.1 Å². The standard InChI is InChI=1S/C12H15Cl2NO3/c1-2-18-15-11(16)7-4-8-17-10-6-3-5-9(13)12(10)14/h3,5-6H,2,4,7-8H2,1H3,(H,15,16). The Labute approximate surface area is 116 Å². The van der Waals surface area contributed by atoms with Gasteiger partial charge in [0.15, 0.2) is 0 Å². The lowest BCUT2D eigenvalue weighted by Gasteiger charge is -2.08. The van der Waals surface area contributed by atoms with Crippen molar-refractivity contribution in [2.24, 2.45) is 0 Å². The zero-order chi connectivity index (χ0) is 13.4. The minimum atomic E-state index is -0.169. The summed E-state index contributed by atoms with van der Waals surface area (Å²) in [4.78, 5) is 16.0. The molecule has 6 heteroatoms. The number of halogens is 2. The molecule has 18 heavy (non-hydrogen) atoms. The summed E-state index contributed by atoms with van der Waals surface area (Å²) in [5.74, 6) is 0.354. The van der Waals surface area contributed by atoms with Crippen LogP contribution < -0.4 is 10.2 Å². The molecular formula is C12H15Cl2NO3. The summed E-state index contributed by atoms with van der Waals surface area (Å²) in [6.45, 7) is 2.63. The van der Waals surface area contributed by atoms with Crippen LogP contribution >= 0.6 is 23.2 Å². The van der Waals surface area contributed by atoms with Gasteiger partial charge in [-0.25, -0.2) is 5.48 Å². The Bertz CT molecular complexity index is 399. The summed E-state index contributed by atoms with van der Waals surface area (Å²) < 4.78 is 5.44. The number of nitrogens with one attached hydrogen (secondary N) is 1. The van der Waals surface area contributed by atoms with Crippen molar-refractivity contribution in [2.45, 2.75) is 19.8 Å². The maximum absolute atomic E-state index is 11.2. The third kappa shape index (κ3) is 5.12. The normalized spacial score (nSPS) is 10.2. The van der Waals surface area contributed by atoms with Gasteiger partial charge in [-0.3, -0.25) is 9.63 Å². The monoisotopic (exact) mass is 291 g/mol. The molecule has 0 saturated carbocycles. The predicted molar refractivity (Wildman–Crippen MR) is 71.0 cm³/mol. The largest absolute Gasteiger partial charge is 0.492 e. The molecule has 0 unspecified atom stereocenters. The van der Waals surface area contributed by atoms with Gasteiger partial charge >= 0.3 is 0 Å². The summed E-state index contributed by atoms with van der Waals surface area (Å²) in [5, 5.41) is 0.834. The molecule has 0 radical (unpaired) electrons. The Kier molecular flexibility index (Phi) is 6.86. The van der Waals surface area contributed by atoms with E-state index in [9.17, 15) is 4.79 Å². The van der Waals surface area contributed by atoms with E-state index < -0.39 is 0 Å². The second-order valence-electron chi connectivity index (χ2n) is 3.46. The van der Waals surface area contributed by atoms with Gasteiger partial charge in [0.1, 0.15) is 10.8 Å². The van der Waals surface area contributed by atoms with E-state index in [0.717, 1.165) is 0 Å². The van der Waals surface area contributed by atoms with Gasteiger partial charge in [0, 0.05) is 6.42 Å². The van der Waals surface area contributed by atoms with Crippen molar-refractivity contribution in [3.63, 3.8) is 0 Å². The first-order chi connectivity index (χ1) is 8.65. The quantitative estimate of drug-likeness (QED) is 0.620. The zero-order valence-electron chi connectivity index (χ0n) is 10.0. The van der Waals surface area contributed by atoms with Crippen molar-refractivity contribution in [2.75, 3.05) is 13.2 Å². The molecule has 0 atom stereocenters. The number of carbonyl (C=O) groups is 1. The third-order valence-electron chi connectivity index (χ3n) is 2.05. The van der Waals surface area contributed by atoms with E-state index in [4.69, 9.17) is 32.8 Å².